The molecule has 1 aromatic heterocycles. The Hall–Kier alpha value is -2.59. The topological polar surface area (TPSA) is 51.2 Å². The Bertz CT molecular complexity index is 819. The maximum atomic E-state index is 11.9. The van der Waals surface area contributed by atoms with E-state index in [2.05, 4.69) is 16.4 Å². The fourth-order valence-corrected chi connectivity index (χ4v) is 2.31. The Morgan fingerprint density at radius 1 is 1.09 bits per heavy atom. The first-order valence-electron chi connectivity index (χ1n) is 7.24. The molecule has 23 heavy (non-hydrogen) atoms. The highest BCUT2D eigenvalue weighted by Gasteiger charge is 2.05. The van der Waals surface area contributed by atoms with Gasteiger partial charge in [-0.2, -0.15) is 0 Å². The second-order valence-corrected chi connectivity index (χ2v) is 5.37. The van der Waals surface area contributed by atoms with Crippen molar-refractivity contribution in [3.05, 3.63) is 71.5 Å². The van der Waals surface area contributed by atoms with Crippen molar-refractivity contribution in [3.63, 3.8) is 0 Å². The van der Waals surface area contributed by atoms with E-state index < -0.39 is 0 Å². The summed E-state index contributed by atoms with van der Waals surface area (Å²) in [5.74, 6) is 0.586. The number of nitrogens with one attached hydrogen (secondary N) is 1. The Labute approximate surface area is 139 Å². The highest BCUT2D eigenvalue weighted by molar-refractivity contribution is 6.29. The van der Waals surface area contributed by atoms with Crippen molar-refractivity contribution in [2.45, 2.75) is 0 Å². The molecular formula is C18H15ClN2O2. The fourth-order valence-electron chi connectivity index (χ4n) is 2.20. The minimum absolute atomic E-state index is 0.198. The summed E-state index contributed by atoms with van der Waals surface area (Å²) in [5, 5.41) is 5.44. The van der Waals surface area contributed by atoms with Crippen LogP contribution in [0.3, 0.4) is 0 Å². The molecule has 1 N–H and O–H groups in total. The molecular weight excluding hydrogens is 312 g/mol. The molecule has 116 valence electrons. The molecule has 0 saturated heterocycles. The lowest BCUT2D eigenvalue weighted by Gasteiger charge is -2.08. The maximum Gasteiger partial charge on any atom is 0.252 e. The number of benzene rings is 2. The molecule has 0 spiro atoms. The van der Waals surface area contributed by atoms with Gasteiger partial charge in [0.2, 0.25) is 0 Å². The molecule has 0 aliphatic carbocycles. The molecule has 1 amide bonds. The standard InChI is InChI=1S/C18H15ClN2O2/c19-17-8-6-15(12-21-17)18(22)20-9-10-23-16-7-5-13-3-1-2-4-14(13)11-16/h1-8,11-12H,9-10H2,(H,20,22). The van der Waals surface area contributed by atoms with Crippen LogP contribution >= 0.6 is 11.6 Å². The van der Waals surface area contributed by atoms with Gasteiger partial charge < -0.3 is 10.1 Å². The predicted octanol–water partition coefficient (Wildman–Crippen LogP) is 3.70. The Morgan fingerprint density at radius 3 is 2.70 bits per heavy atom. The summed E-state index contributed by atoms with van der Waals surface area (Å²) in [6.07, 6.45) is 1.45. The maximum absolute atomic E-state index is 11.9. The number of pyridine rings is 1. The van der Waals surface area contributed by atoms with Crippen molar-refractivity contribution >= 4 is 28.3 Å². The summed E-state index contributed by atoms with van der Waals surface area (Å²) >= 11 is 5.69. The van der Waals surface area contributed by atoms with Gasteiger partial charge in [0.25, 0.3) is 5.91 Å². The quantitative estimate of drug-likeness (QED) is 0.574. The molecule has 5 heteroatoms. The van der Waals surface area contributed by atoms with E-state index in [0.717, 1.165) is 11.1 Å². The van der Waals surface area contributed by atoms with Crippen LogP contribution in [0.2, 0.25) is 5.15 Å². The van der Waals surface area contributed by atoms with E-state index in [1.807, 2.05) is 36.4 Å². The number of hydrogen-bond acceptors (Lipinski definition) is 3. The highest BCUT2D eigenvalue weighted by atomic mass is 35.5. The van der Waals surface area contributed by atoms with Crippen LogP contribution in [-0.4, -0.2) is 24.0 Å². The lowest BCUT2D eigenvalue weighted by atomic mass is 10.1. The van der Waals surface area contributed by atoms with Crippen LogP contribution in [0.25, 0.3) is 10.8 Å². The molecule has 0 saturated carbocycles. The largest absolute Gasteiger partial charge is 0.492 e. The second kappa shape index (κ2) is 7.11. The Kier molecular flexibility index (Phi) is 4.74. The van der Waals surface area contributed by atoms with E-state index in [1.54, 1.807) is 12.1 Å². The molecule has 0 fully saturated rings. The average molecular weight is 327 g/mol. The van der Waals surface area contributed by atoms with Gasteiger partial charge >= 0.3 is 0 Å². The molecule has 0 bridgehead atoms. The zero-order valence-corrected chi connectivity index (χ0v) is 13.1. The van der Waals surface area contributed by atoms with Crippen molar-refractivity contribution in [2.24, 2.45) is 0 Å². The van der Waals surface area contributed by atoms with Crippen molar-refractivity contribution in [2.75, 3.05) is 13.2 Å². The third kappa shape index (κ3) is 3.99. The molecule has 0 radical (unpaired) electrons. The van der Waals surface area contributed by atoms with Gasteiger partial charge in [0, 0.05) is 6.20 Å². The first-order valence-corrected chi connectivity index (χ1v) is 7.61. The molecule has 1 heterocycles. The zero-order chi connectivity index (χ0) is 16.1. The smallest absolute Gasteiger partial charge is 0.252 e. The van der Waals surface area contributed by atoms with Gasteiger partial charge in [0.05, 0.1) is 12.1 Å². The predicted molar refractivity (Wildman–Crippen MR) is 91.0 cm³/mol. The third-order valence-electron chi connectivity index (χ3n) is 3.37. The van der Waals surface area contributed by atoms with Gasteiger partial charge in [0.15, 0.2) is 0 Å². The van der Waals surface area contributed by atoms with Crippen molar-refractivity contribution in [1.82, 2.24) is 10.3 Å². The van der Waals surface area contributed by atoms with Crippen LogP contribution in [0.1, 0.15) is 10.4 Å². The molecule has 0 atom stereocenters. The van der Waals surface area contributed by atoms with Gasteiger partial charge in [-0.05, 0) is 35.0 Å². The normalized spacial score (nSPS) is 10.5. The Balaban J connectivity index is 1.50. The van der Waals surface area contributed by atoms with Crippen LogP contribution in [0.5, 0.6) is 5.75 Å². The van der Waals surface area contributed by atoms with E-state index in [4.69, 9.17) is 16.3 Å². The summed E-state index contributed by atoms with van der Waals surface area (Å²) < 4.78 is 5.67. The number of rotatable bonds is 5. The number of carbonyl (C=O) groups excluding carboxylic acids is 1. The minimum atomic E-state index is -0.198. The number of fused-ring (bicyclic) bond motifs is 1. The number of aromatic nitrogens is 1. The summed E-state index contributed by atoms with van der Waals surface area (Å²) in [6, 6.07) is 17.2. The van der Waals surface area contributed by atoms with Gasteiger partial charge in [0.1, 0.15) is 17.5 Å². The van der Waals surface area contributed by atoms with E-state index in [9.17, 15) is 4.79 Å². The highest BCUT2D eigenvalue weighted by Crippen LogP contribution is 2.20. The molecule has 3 aromatic rings. The van der Waals surface area contributed by atoms with E-state index in [0.29, 0.717) is 23.9 Å². The molecule has 0 aliphatic heterocycles. The monoisotopic (exact) mass is 326 g/mol. The summed E-state index contributed by atoms with van der Waals surface area (Å²) in [6.45, 7) is 0.805. The van der Waals surface area contributed by atoms with Gasteiger partial charge in [-0.25, -0.2) is 4.98 Å². The lowest BCUT2D eigenvalue weighted by molar-refractivity contribution is 0.0946. The number of hydrogen-bond donors (Lipinski definition) is 1. The van der Waals surface area contributed by atoms with Gasteiger partial charge in [-0.1, -0.05) is 41.9 Å². The van der Waals surface area contributed by atoms with Crippen LogP contribution in [-0.2, 0) is 0 Å². The number of halogens is 1. The van der Waals surface area contributed by atoms with E-state index in [-0.39, 0.29) is 5.91 Å². The Morgan fingerprint density at radius 2 is 1.91 bits per heavy atom. The fraction of sp³-hybridized carbons (Fsp3) is 0.111. The van der Waals surface area contributed by atoms with Crippen LogP contribution in [0.4, 0.5) is 0 Å². The van der Waals surface area contributed by atoms with Crippen LogP contribution in [0, 0.1) is 0 Å². The number of ether oxygens (including phenoxy) is 1. The van der Waals surface area contributed by atoms with Crippen LogP contribution in [0.15, 0.2) is 60.8 Å². The SMILES string of the molecule is O=C(NCCOc1ccc2ccccc2c1)c1ccc(Cl)nc1. The first-order chi connectivity index (χ1) is 11.2. The molecule has 4 nitrogen and oxygen atoms in total. The van der Waals surface area contributed by atoms with Gasteiger partial charge in [-0.3, -0.25) is 4.79 Å². The second-order valence-electron chi connectivity index (χ2n) is 4.98. The van der Waals surface area contributed by atoms with Gasteiger partial charge in [-0.15, -0.1) is 0 Å². The zero-order valence-electron chi connectivity index (χ0n) is 12.3. The summed E-state index contributed by atoms with van der Waals surface area (Å²) in [7, 11) is 0. The average Bonchev–Trinajstić information content (AvgIpc) is 2.59. The first kappa shape index (κ1) is 15.3. The third-order valence-corrected chi connectivity index (χ3v) is 3.59. The molecule has 0 aliphatic rings. The minimum Gasteiger partial charge on any atom is -0.492 e. The number of carbonyl (C=O) groups is 1. The number of amides is 1. The van der Waals surface area contributed by atoms with Crippen molar-refractivity contribution in [1.29, 1.82) is 0 Å². The van der Waals surface area contributed by atoms with E-state index in [1.165, 1.54) is 11.6 Å². The summed E-state index contributed by atoms with van der Waals surface area (Å²) in [4.78, 5) is 15.8. The van der Waals surface area contributed by atoms with Crippen molar-refractivity contribution in [3.8, 4) is 5.75 Å². The van der Waals surface area contributed by atoms with Crippen molar-refractivity contribution < 1.29 is 9.53 Å². The molecule has 2 aromatic carbocycles. The number of nitrogens with zero attached hydrogens (tertiary/aromatic N) is 1. The lowest BCUT2D eigenvalue weighted by Crippen LogP contribution is -2.28. The summed E-state index contributed by atoms with van der Waals surface area (Å²) in [5.41, 5.74) is 0.472. The van der Waals surface area contributed by atoms with E-state index >= 15 is 0 Å². The molecule has 3 rings (SSSR count). The molecule has 0 unspecified atom stereocenters. The van der Waals surface area contributed by atoms with Crippen LogP contribution < -0.4 is 10.1 Å².